The maximum atomic E-state index is 10.6. The van der Waals surface area contributed by atoms with Gasteiger partial charge in [0.15, 0.2) is 11.8 Å². The SMILES string of the molecule is CC1=CC(N)=NC(O)N1[C@@H]1O[C@H](CO)[C@H](O)C1(O)C#CCl. The molecule has 2 aliphatic rings. The number of aliphatic imine (C=N–C) groups is 1. The van der Waals surface area contributed by atoms with Gasteiger partial charge in [-0.3, -0.25) is 0 Å². The van der Waals surface area contributed by atoms with E-state index >= 15 is 0 Å². The Balaban J connectivity index is 2.41. The molecule has 0 radical (unpaired) electrons. The molecule has 0 amide bonds. The van der Waals surface area contributed by atoms with Gasteiger partial charge in [-0.1, -0.05) is 0 Å². The third-order valence-electron chi connectivity index (χ3n) is 3.44. The lowest BCUT2D eigenvalue weighted by atomic mass is 9.94. The average molecular weight is 318 g/mol. The van der Waals surface area contributed by atoms with Crippen LogP contribution in [0.1, 0.15) is 6.92 Å². The van der Waals surface area contributed by atoms with Gasteiger partial charge < -0.3 is 35.8 Å². The Morgan fingerprint density at radius 1 is 1.57 bits per heavy atom. The van der Waals surface area contributed by atoms with Crippen LogP contribution >= 0.6 is 11.6 Å². The molecule has 2 aliphatic heterocycles. The summed E-state index contributed by atoms with van der Waals surface area (Å²) in [5, 5.41) is 41.9. The second kappa shape index (κ2) is 5.81. The van der Waals surface area contributed by atoms with Gasteiger partial charge in [0, 0.05) is 11.1 Å². The topological polar surface area (TPSA) is 132 Å². The molecule has 0 aromatic carbocycles. The van der Waals surface area contributed by atoms with Crippen molar-refractivity contribution < 1.29 is 25.2 Å². The minimum absolute atomic E-state index is 0.112. The number of amidine groups is 1. The number of allylic oxidation sites excluding steroid dienone is 1. The molecule has 8 nitrogen and oxygen atoms in total. The number of aliphatic hydroxyl groups is 4. The van der Waals surface area contributed by atoms with Crippen LogP contribution in [0, 0.1) is 11.3 Å². The summed E-state index contributed by atoms with van der Waals surface area (Å²) < 4.78 is 5.41. The van der Waals surface area contributed by atoms with E-state index in [2.05, 4.69) is 10.9 Å². The van der Waals surface area contributed by atoms with Crippen molar-refractivity contribution in [3.8, 4) is 11.3 Å². The first-order valence-corrected chi connectivity index (χ1v) is 6.50. The van der Waals surface area contributed by atoms with E-state index in [0.717, 1.165) is 0 Å². The van der Waals surface area contributed by atoms with Crippen LogP contribution in [0.5, 0.6) is 0 Å². The molecule has 2 unspecified atom stereocenters. The van der Waals surface area contributed by atoms with E-state index in [4.69, 9.17) is 22.1 Å². The van der Waals surface area contributed by atoms with Crippen LogP contribution in [0.25, 0.3) is 0 Å². The average Bonchev–Trinajstić information content (AvgIpc) is 2.63. The van der Waals surface area contributed by atoms with E-state index in [1.807, 2.05) is 5.38 Å². The molecule has 0 aromatic rings. The Labute approximate surface area is 126 Å². The molecule has 1 fully saturated rings. The highest BCUT2D eigenvalue weighted by Gasteiger charge is 2.58. The molecule has 2 heterocycles. The van der Waals surface area contributed by atoms with E-state index in [-0.39, 0.29) is 5.84 Å². The molecule has 5 atom stereocenters. The molecule has 2 rings (SSSR count). The van der Waals surface area contributed by atoms with Crippen molar-refractivity contribution in [3.63, 3.8) is 0 Å². The predicted molar refractivity (Wildman–Crippen MR) is 73.6 cm³/mol. The maximum absolute atomic E-state index is 10.6. The number of halogens is 1. The molecule has 9 heteroatoms. The van der Waals surface area contributed by atoms with Crippen LogP contribution in [-0.4, -0.2) is 68.2 Å². The van der Waals surface area contributed by atoms with Crippen LogP contribution in [-0.2, 0) is 4.74 Å². The minimum Gasteiger partial charge on any atom is -0.394 e. The third-order valence-corrected chi connectivity index (χ3v) is 3.54. The normalized spacial score (nSPS) is 39.4. The number of hydrogen-bond acceptors (Lipinski definition) is 8. The fourth-order valence-electron chi connectivity index (χ4n) is 2.41. The second-order valence-electron chi connectivity index (χ2n) is 4.79. The van der Waals surface area contributed by atoms with Crippen molar-refractivity contribution in [1.29, 1.82) is 0 Å². The van der Waals surface area contributed by atoms with Gasteiger partial charge in [-0.15, -0.1) is 0 Å². The van der Waals surface area contributed by atoms with Crippen LogP contribution in [0.3, 0.4) is 0 Å². The lowest BCUT2D eigenvalue weighted by Gasteiger charge is -2.39. The van der Waals surface area contributed by atoms with E-state index in [1.165, 1.54) is 11.0 Å². The van der Waals surface area contributed by atoms with Crippen molar-refractivity contribution >= 4 is 17.4 Å². The van der Waals surface area contributed by atoms with Crippen molar-refractivity contribution in [3.05, 3.63) is 11.8 Å². The summed E-state index contributed by atoms with van der Waals surface area (Å²) >= 11 is 5.33. The molecule has 1 saturated heterocycles. The first-order valence-electron chi connectivity index (χ1n) is 6.12. The molecule has 6 N–H and O–H groups in total. The molecule has 0 aliphatic carbocycles. The summed E-state index contributed by atoms with van der Waals surface area (Å²) in [7, 11) is 0. The molecule has 21 heavy (non-hydrogen) atoms. The molecule has 116 valence electrons. The summed E-state index contributed by atoms with van der Waals surface area (Å²) in [6, 6.07) is 0. The number of rotatable bonds is 2. The van der Waals surface area contributed by atoms with E-state index in [0.29, 0.717) is 5.70 Å². The van der Waals surface area contributed by atoms with Gasteiger partial charge in [0.2, 0.25) is 6.35 Å². The van der Waals surface area contributed by atoms with Crippen molar-refractivity contribution in [2.75, 3.05) is 6.61 Å². The molecule has 0 spiro atoms. The molecule has 0 bridgehead atoms. The summed E-state index contributed by atoms with van der Waals surface area (Å²) in [6.45, 7) is 1.07. The summed E-state index contributed by atoms with van der Waals surface area (Å²) in [4.78, 5) is 4.93. The van der Waals surface area contributed by atoms with Crippen LogP contribution in [0.15, 0.2) is 16.8 Å². The quantitative estimate of drug-likeness (QED) is 0.367. The lowest BCUT2D eigenvalue weighted by Crippen LogP contribution is -2.57. The number of nitrogens with two attached hydrogens (primary N) is 1. The summed E-state index contributed by atoms with van der Waals surface area (Å²) in [6.07, 6.45) is -3.83. The Morgan fingerprint density at radius 2 is 2.24 bits per heavy atom. The fraction of sp³-hybridized carbons (Fsp3) is 0.583. The number of aliphatic hydroxyl groups excluding tert-OH is 3. The van der Waals surface area contributed by atoms with Gasteiger partial charge in [-0.05, 0) is 30.5 Å². The van der Waals surface area contributed by atoms with E-state index in [9.17, 15) is 20.4 Å². The second-order valence-corrected chi connectivity index (χ2v) is 4.98. The minimum atomic E-state index is -2.10. The molecule has 0 saturated carbocycles. The Morgan fingerprint density at radius 3 is 2.76 bits per heavy atom. The monoisotopic (exact) mass is 317 g/mol. The van der Waals surface area contributed by atoms with Gasteiger partial charge in [0.25, 0.3) is 0 Å². The smallest absolute Gasteiger partial charge is 0.229 e. The predicted octanol–water partition coefficient (Wildman–Crippen LogP) is -2.15. The molecule has 0 aromatic heterocycles. The van der Waals surface area contributed by atoms with Crippen molar-refractivity contribution in [2.45, 2.75) is 37.3 Å². The van der Waals surface area contributed by atoms with Gasteiger partial charge in [0.1, 0.15) is 18.0 Å². The zero-order valence-electron chi connectivity index (χ0n) is 11.1. The zero-order valence-corrected chi connectivity index (χ0v) is 11.9. The zero-order chi connectivity index (χ0) is 15.8. The summed E-state index contributed by atoms with van der Waals surface area (Å²) in [5.74, 6) is 2.37. The Bertz CT molecular complexity index is 543. The van der Waals surface area contributed by atoms with Gasteiger partial charge in [0.05, 0.1) is 6.61 Å². The molecular weight excluding hydrogens is 302 g/mol. The van der Waals surface area contributed by atoms with Gasteiger partial charge in [-0.2, -0.15) is 0 Å². The highest BCUT2D eigenvalue weighted by atomic mass is 35.5. The largest absolute Gasteiger partial charge is 0.394 e. The third kappa shape index (κ3) is 2.60. The Kier molecular flexibility index (Phi) is 4.43. The fourth-order valence-corrected chi connectivity index (χ4v) is 2.57. The Hall–Kier alpha value is -1.34. The first kappa shape index (κ1) is 16.0. The van der Waals surface area contributed by atoms with E-state index in [1.54, 1.807) is 6.92 Å². The van der Waals surface area contributed by atoms with Crippen LogP contribution < -0.4 is 5.73 Å². The summed E-state index contributed by atoms with van der Waals surface area (Å²) in [5.41, 5.74) is 3.87. The molecular formula is C12H16ClN3O5. The lowest BCUT2D eigenvalue weighted by molar-refractivity contribution is -0.153. The number of hydrogen-bond donors (Lipinski definition) is 5. The van der Waals surface area contributed by atoms with Crippen molar-refractivity contribution in [2.24, 2.45) is 10.7 Å². The highest BCUT2D eigenvalue weighted by molar-refractivity contribution is 6.30. The standard InChI is InChI=1S/C12H16ClN3O5/c1-6-4-8(14)15-11(19)16(6)10-12(20,2-3-13)9(18)7(5-17)21-10/h4,7,9-11,17-20H,5H2,1H3,(H2,14,15)/t7-,9+,10-,11?,12?/m1/s1. The van der Waals surface area contributed by atoms with E-state index < -0.39 is 37.0 Å². The van der Waals surface area contributed by atoms with Crippen LogP contribution in [0.4, 0.5) is 0 Å². The van der Waals surface area contributed by atoms with Gasteiger partial charge >= 0.3 is 0 Å². The number of ether oxygens (including phenoxy) is 1. The van der Waals surface area contributed by atoms with Crippen LogP contribution in [0.2, 0.25) is 0 Å². The first-order chi connectivity index (χ1) is 9.85. The van der Waals surface area contributed by atoms with Gasteiger partial charge in [-0.25, -0.2) is 4.99 Å². The highest BCUT2D eigenvalue weighted by Crippen LogP contribution is 2.36. The number of nitrogens with zero attached hydrogens (tertiary/aromatic N) is 2. The maximum Gasteiger partial charge on any atom is 0.229 e. The van der Waals surface area contributed by atoms with Crippen molar-refractivity contribution in [1.82, 2.24) is 4.90 Å².